The van der Waals surface area contributed by atoms with Crippen molar-refractivity contribution in [1.29, 1.82) is 5.26 Å². The molecule has 0 aliphatic carbocycles. The molecule has 1 aromatic heterocycles. The van der Waals surface area contributed by atoms with Gasteiger partial charge in [-0.3, -0.25) is 10.2 Å². The van der Waals surface area contributed by atoms with Crippen molar-refractivity contribution in [1.82, 2.24) is 20.1 Å². The lowest BCUT2D eigenvalue weighted by molar-refractivity contribution is -0.137. The fourth-order valence-electron chi connectivity index (χ4n) is 3.75. The molecule has 2 amide bonds. The Balaban J connectivity index is 1.94. The van der Waals surface area contributed by atoms with Gasteiger partial charge in [0.15, 0.2) is 0 Å². The number of halogens is 3. The number of aromatic nitrogens is 3. The van der Waals surface area contributed by atoms with Crippen LogP contribution in [0.15, 0.2) is 59.9 Å². The number of hydrogen-bond donors (Lipinski definition) is 2. The number of nitrogens with zero attached hydrogens (tertiary/aromatic N) is 6. The molecular formula is C23H17F3N8O. The summed E-state index contributed by atoms with van der Waals surface area (Å²) in [5.41, 5.74) is 0.820. The Kier molecular flexibility index (Phi) is 5.89. The quantitative estimate of drug-likeness (QED) is 0.526. The summed E-state index contributed by atoms with van der Waals surface area (Å²) in [5.74, 6) is 0.00369. The van der Waals surface area contributed by atoms with Gasteiger partial charge in [0.1, 0.15) is 6.04 Å². The molecular weight excluding hydrogens is 461 g/mol. The van der Waals surface area contributed by atoms with E-state index in [4.69, 9.17) is 11.8 Å². The molecule has 9 nitrogen and oxygen atoms in total. The topological polar surface area (TPSA) is 103 Å². The number of carbonyl (C=O) groups excluding carboxylic acids is 1. The van der Waals surface area contributed by atoms with Crippen molar-refractivity contribution in [3.63, 3.8) is 0 Å². The number of carbonyl (C=O) groups is 1. The third-order valence-corrected chi connectivity index (χ3v) is 5.38. The third-order valence-electron chi connectivity index (χ3n) is 5.38. The lowest BCUT2D eigenvalue weighted by atomic mass is 9.99. The Morgan fingerprint density at radius 1 is 1.23 bits per heavy atom. The maximum Gasteiger partial charge on any atom is 0.416 e. The van der Waals surface area contributed by atoms with E-state index >= 15 is 0 Å². The first-order valence-electron chi connectivity index (χ1n) is 10.2. The molecule has 0 radical (unpaired) electrons. The Morgan fingerprint density at radius 3 is 2.54 bits per heavy atom. The van der Waals surface area contributed by atoms with Crippen LogP contribution in [0.5, 0.6) is 0 Å². The Hall–Kier alpha value is -4.84. The van der Waals surface area contributed by atoms with Crippen molar-refractivity contribution in [3.05, 3.63) is 88.0 Å². The van der Waals surface area contributed by atoms with Crippen molar-refractivity contribution < 1.29 is 18.0 Å². The smallest absolute Gasteiger partial charge is 0.341 e. The van der Waals surface area contributed by atoms with E-state index in [0.29, 0.717) is 16.8 Å². The highest BCUT2D eigenvalue weighted by atomic mass is 19.4. The van der Waals surface area contributed by atoms with Gasteiger partial charge in [0, 0.05) is 18.4 Å². The van der Waals surface area contributed by atoms with E-state index in [-0.39, 0.29) is 23.3 Å². The minimum absolute atomic E-state index is 0.103. The van der Waals surface area contributed by atoms with Gasteiger partial charge in [0.2, 0.25) is 11.6 Å². The summed E-state index contributed by atoms with van der Waals surface area (Å²) in [6.07, 6.45) is -4.57. The zero-order valence-electron chi connectivity index (χ0n) is 18.4. The number of urea groups is 1. The number of amides is 2. The van der Waals surface area contributed by atoms with Crippen LogP contribution in [-0.4, -0.2) is 27.8 Å². The van der Waals surface area contributed by atoms with Gasteiger partial charge in [0.25, 0.3) is 5.95 Å². The summed E-state index contributed by atoms with van der Waals surface area (Å²) >= 11 is 0. The van der Waals surface area contributed by atoms with Gasteiger partial charge >= 0.3 is 12.2 Å². The molecule has 176 valence electrons. The minimum atomic E-state index is -4.57. The van der Waals surface area contributed by atoms with Crippen LogP contribution in [0.4, 0.5) is 35.5 Å². The van der Waals surface area contributed by atoms with Crippen LogP contribution in [0, 0.1) is 17.9 Å². The van der Waals surface area contributed by atoms with E-state index in [1.807, 2.05) is 6.07 Å². The van der Waals surface area contributed by atoms with Crippen molar-refractivity contribution >= 4 is 23.6 Å². The van der Waals surface area contributed by atoms with Crippen molar-refractivity contribution in [2.75, 3.05) is 17.3 Å². The average molecular weight is 478 g/mol. The molecule has 3 aromatic rings. The maximum atomic E-state index is 13.4. The van der Waals surface area contributed by atoms with Gasteiger partial charge < -0.3 is 5.32 Å². The first-order valence-corrected chi connectivity index (χ1v) is 10.2. The molecule has 0 spiro atoms. The third kappa shape index (κ3) is 4.25. The van der Waals surface area contributed by atoms with Gasteiger partial charge in [0.05, 0.1) is 23.8 Å². The number of nitriles is 1. The molecule has 2 heterocycles. The lowest BCUT2D eigenvalue weighted by Crippen LogP contribution is -2.30. The molecule has 1 aliphatic rings. The molecule has 4 rings (SSSR count). The molecule has 0 bridgehead atoms. The van der Waals surface area contributed by atoms with Gasteiger partial charge in [-0.25, -0.2) is 14.3 Å². The van der Waals surface area contributed by atoms with Crippen LogP contribution in [0.2, 0.25) is 0 Å². The van der Waals surface area contributed by atoms with E-state index < -0.39 is 23.8 Å². The second kappa shape index (κ2) is 8.83. The maximum absolute atomic E-state index is 13.4. The number of rotatable bonds is 3. The standard InChI is InChI=1S/C23H17F3N8O/c1-13-18(28-2)19(15-9-7-14(12-27)8-10-15)34-22(31-20(32-34)30-21(35)29-3)33(13)17-6-4-5-16(11-17)23(24,25)26/h4-11,19H,1,3H3,(H2,29,30,32,35)/t19-/m1/s1. The summed E-state index contributed by atoms with van der Waals surface area (Å²) in [5, 5.41) is 18.3. The first kappa shape index (κ1) is 23.3. The molecule has 12 heteroatoms. The average Bonchev–Trinajstić information content (AvgIpc) is 3.25. The molecule has 35 heavy (non-hydrogen) atoms. The SMILES string of the molecule is [C-]#[N+]C1=C(C)N(c2cccc(C(F)(F)F)c2)c2nc(NC(=O)NC)nn2[C@@H]1c1ccc(C#N)cc1. The number of alkyl halides is 3. The van der Waals surface area contributed by atoms with Crippen molar-refractivity contribution in [3.8, 4) is 6.07 Å². The monoisotopic (exact) mass is 478 g/mol. The van der Waals surface area contributed by atoms with Gasteiger partial charge in [-0.05, 0) is 42.8 Å². The predicted octanol–water partition coefficient (Wildman–Crippen LogP) is 4.81. The number of anilines is 3. The first-order chi connectivity index (χ1) is 16.7. The summed E-state index contributed by atoms with van der Waals surface area (Å²) in [4.78, 5) is 21.3. The number of fused-ring (bicyclic) bond motifs is 1. The zero-order chi connectivity index (χ0) is 25.3. The van der Waals surface area contributed by atoms with Gasteiger partial charge in [-0.15, -0.1) is 5.10 Å². The highest BCUT2D eigenvalue weighted by molar-refractivity contribution is 5.87. The van der Waals surface area contributed by atoms with E-state index in [2.05, 4.69) is 25.6 Å². The summed E-state index contributed by atoms with van der Waals surface area (Å²) < 4.78 is 41.6. The summed E-state index contributed by atoms with van der Waals surface area (Å²) in [6.45, 7) is 9.44. The zero-order valence-corrected chi connectivity index (χ0v) is 18.4. The number of allylic oxidation sites excluding steroid dienone is 2. The predicted molar refractivity (Wildman–Crippen MR) is 120 cm³/mol. The minimum Gasteiger partial charge on any atom is -0.341 e. The second-order valence-electron chi connectivity index (χ2n) is 7.49. The molecule has 1 aliphatic heterocycles. The highest BCUT2D eigenvalue weighted by Gasteiger charge is 2.37. The Morgan fingerprint density at radius 2 is 1.94 bits per heavy atom. The molecule has 0 unspecified atom stereocenters. The fourth-order valence-corrected chi connectivity index (χ4v) is 3.75. The number of nitrogens with one attached hydrogen (secondary N) is 2. The molecule has 0 saturated carbocycles. The van der Waals surface area contributed by atoms with Crippen LogP contribution >= 0.6 is 0 Å². The normalized spacial score (nSPS) is 15.2. The van der Waals surface area contributed by atoms with Crippen LogP contribution in [-0.2, 0) is 6.18 Å². The summed E-state index contributed by atoms with van der Waals surface area (Å²) in [6, 6.07) is 11.8. The molecule has 2 aromatic carbocycles. The molecule has 1 atom stereocenters. The highest BCUT2D eigenvalue weighted by Crippen LogP contribution is 2.44. The van der Waals surface area contributed by atoms with Crippen LogP contribution in [0.1, 0.15) is 29.7 Å². The lowest BCUT2D eigenvalue weighted by Gasteiger charge is -2.34. The van der Waals surface area contributed by atoms with E-state index in [9.17, 15) is 18.0 Å². The number of benzene rings is 2. The van der Waals surface area contributed by atoms with Crippen molar-refractivity contribution in [2.45, 2.75) is 19.1 Å². The van der Waals surface area contributed by atoms with Crippen LogP contribution in [0.3, 0.4) is 0 Å². The fraction of sp³-hybridized carbons (Fsp3) is 0.174. The molecule has 0 fully saturated rings. The van der Waals surface area contributed by atoms with Crippen molar-refractivity contribution in [2.24, 2.45) is 0 Å². The Bertz CT molecular complexity index is 1410. The van der Waals surface area contributed by atoms with E-state index in [1.54, 1.807) is 31.2 Å². The number of hydrogen-bond acceptors (Lipinski definition) is 5. The van der Waals surface area contributed by atoms with Crippen LogP contribution < -0.4 is 15.5 Å². The summed E-state index contributed by atoms with van der Waals surface area (Å²) in [7, 11) is 1.41. The largest absolute Gasteiger partial charge is 0.416 e. The van der Waals surface area contributed by atoms with Crippen LogP contribution in [0.25, 0.3) is 4.85 Å². The molecule has 0 saturated heterocycles. The van der Waals surface area contributed by atoms with Gasteiger partial charge in [-0.2, -0.15) is 23.4 Å². The molecule has 2 N–H and O–H groups in total. The second-order valence-corrected chi connectivity index (χ2v) is 7.49. The Labute approximate surface area is 197 Å². The van der Waals surface area contributed by atoms with Gasteiger partial charge in [-0.1, -0.05) is 18.2 Å². The van der Waals surface area contributed by atoms with E-state index in [1.165, 1.54) is 28.8 Å². The van der Waals surface area contributed by atoms with E-state index in [0.717, 1.165) is 12.1 Å².